The molecule has 40 heavy (non-hydrogen) atoms. The zero-order chi connectivity index (χ0) is 30.0. The van der Waals surface area contributed by atoms with Crippen molar-refractivity contribution in [3.63, 3.8) is 0 Å². The standard InChI is InChI=1S/C30H45NO9/c1-17(11-12-22-21(5)24(34)28(37-6)29(31-22)38-7)9-8-10-18(2)15-20(4)27(19(3)13-14-32)40-30-26(36)25(35)23(33)16-39-30/h8,10-11,13,15,20,23,25-27,30,32-33,35-36H,9,12,14,16H2,1-7H3,(H,31,34). The van der Waals surface area contributed by atoms with Crippen LogP contribution in [0.5, 0.6) is 11.6 Å². The number of allylic oxidation sites excluding steroid dienone is 5. The quantitative estimate of drug-likeness (QED) is 0.180. The summed E-state index contributed by atoms with van der Waals surface area (Å²) in [6, 6.07) is 0. The summed E-state index contributed by atoms with van der Waals surface area (Å²) in [5, 5.41) is 39.4. The Morgan fingerprint density at radius 2 is 1.82 bits per heavy atom. The lowest BCUT2D eigenvalue weighted by atomic mass is 9.95. The van der Waals surface area contributed by atoms with Crippen LogP contribution in [0.2, 0.25) is 0 Å². The lowest BCUT2D eigenvalue weighted by molar-refractivity contribution is -0.281. The first-order chi connectivity index (χ1) is 18.9. The van der Waals surface area contributed by atoms with Gasteiger partial charge in [-0.2, -0.15) is 0 Å². The molecule has 5 N–H and O–H groups in total. The van der Waals surface area contributed by atoms with Gasteiger partial charge in [0.25, 0.3) is 0 Å². The highest BCUT2D eigenvalue weighted by Crippen LogP contribution is 2.26. The second kappa shape index (κ2) is 15.9. The average molecular weight is 564 g/mol. The molecule has 1 fully saturated rings. The van der Waals surface area contributed by atoms with Gasteiger partial charge in [0, 0.05) is 23.6 Å². The molecule has 224 valence electrons. The van der Waals surface area contributed by atoms with Crippen LogP contribution in [0.3, 0.4) is 0 Å². The van der Waals surface area contributed by atoms with E-state index in [1.165, 1.54) is 14.2 Å². The Balaban J connectivity index is 2.08. The van der Waals surface area contributed by atoms with Crippen molar-refractivity contribution in [3.8, 4) is 11.6 Å². The number of pyridine rings is 1. The first kappa shape index (κ1) is 33.5. The SMILES string of the molecule is COc1[nH]c(CC=C(C)CC=CC(C)=CC(C)C(OC2OCC(O)C(O)C2O)C(C)=CCO)c(C)c(=O)c1OC. The van der Waals surface area contributed by atoms with Gasteiger partial charge in [-0.3, -0.25) is 4.79 Å². The van der Waals surface area contributed by atoms with E-state index >= 15 is 0 Å². The summed E-state index contributed by atoms with van der Waals surface area (Å²) < 4.78 is 21.9. The van der Waals surface area contributed by atoms with E-state index in [-0.39, 0.29) is 30.3 Å². The van der Waals surface area contributed by atoms with Crippen molar-refractivity contribution in [2.75, 3.05) is 27.4 Å². The molecule has 0 bridgehead atoms. The third-order valence-corrected chi connectivity index (χ3v) is 6.95. The predicted molar refractivity (Wildman–Crippen MR) is 153 cm³/mol. The molecule has 10 nitrogen and oxygen atoms in total. The fourth-order valence-electron chi connectivity index (χ4n) is 4.53. The van der Waals surface area contributed by atoms with Gasteiger partial charge in [-0.05, 0) is 39.7 Å². The van der Waals surface area contributed by atoms with E-state index in [1.807, 2.05) is 45.9 Å². The van der Waals surface area contributed by atoms with E-state index in [4.69, 9.17) is 18.9 Å². The maximum atomic E-state index is 12.5. The van der Waals surface area contributed by atoms with Crippen LogP contribution >= 0.6 is 0 Å². The second-order valence-corrected chi connectivity index (χ2v) is 10.2. The predicted octanol–water partition coefficient (Wildman–Crippen LogP) is 2.48. The van der Waals surface area contributed by atoms with Crippen molar-refractivity contribution in [1.29, 1.82) is 0 Å². The smallest absolute Gasteiger partial charge is 0.238 e. The van der Waals surface area contributed by atoms with Crippen LogP contribution in [0, 0.1) is 12.8 Å². The number of nitrogens with one attached hydrogen (secondary N) is 1. The zero-order valence-electron chi connectivity index (χ0n) is 24.5. The summed E-state index contributed by atoms with van der Waals surface area (Å²) in [6.07, 6.45) is 5.41. The van der Waals surface area contributed by atoms with Crippen molar-refractivity contribution in [1.82, 2.24) is 4.98 Å². The molecule has 2 rings (SSSR count). The Labute approximate surface area is 236 Å². The molecule has 1 aliphatic heterocycles. The Hall–Kier alpha value is -2.73. The van der Waals surface area contributed by atoms with E-state index in [2.05, 4.69) is 11.1 Å². The third kappa shape index (κ3) is 8.89. The Bertz CT molecular complexity index is 1150. The van der Waals surface area contributed by atoms with E-state index < -0.39 is 30.7 Å². The van der Waals surface area contributed by atoms with Gasteiger partial charge in [-0.25, -0.2) is 0 Å². The molecule has 10 heteroatoms. The number of H-pyrrole nitrogens is 1. The molecule has 0 aliphatic carbocycles. The number of hydrogen-bond acceptors (Lipinski definition) is 9. The molecular weight excluding hydrogens is 518 g/mol. The molecule has 2 heterocycles. The fourth-order valence-corrected chi connectivity index (χ4v) is 4.53. The maximum absolute atomic E-state index is 12.5. The number of aromatic nitrogens is 1. The van der Waals surface area contributed by atoms with Gasteiger partial charge < -0.3 is 44.4 Å². The molecule has 0 spiro atoms. The fraction of sp³-hybridized carbons (Fsp3) is 0.567. The lowest BCUT2D eigenvalue weighted by Gasteiger charge is -2.38. The van der Waals surface area contributed by atoms with Gasteiger partial charge in [0.15, 0.2) is 6.29 Å². The first-order valence-corrected chi connectivity index (χ1v) is 13.4. The van der Waals surface area contributed by atoms with Crippen LogP contribution in [0.4, 0.5) is 0 Å². The Morgan fingerprint density at radius 1 is 1.12 bits per heavy atom. The molecule has 0 aromatic carbocycles. The minimum Gasteiger partial charge on any atom is -0.488 e. The zero-order valence-corrected chi connectivity index (χ0v) is 24.5. The first-order valence-electron chi connectivity index (χ1n) is 13.4. The highest BCUT2D eigenvalue weighted by molar-refractivity contribution is 5.40. The van der Waals surface area contributed by atoms with E-state index in [0.29, 0.717) is 24.3 Å². The summed E-state index contributed by atoms with van der Waals surface area (Å²) in [4.78, 5) is 15.7. The third-order valence-electron chi connectivity index (χ3n) is 6.95. The largest absolute Gasteiger partial charge is 0.488 e. The van der Waals surface area contributed by atoms with Crippen molar-refractivity contribution in [3.05, 3.63) is 68.6 Å². The van der Waals surface area contributed by atoms with Crippen LogP contribution in [-0.4, -0.2) is 83.5 Å². The van der Waals surface area contributed by atoms with E-state index in [1.54, 1.807) is 13.0 Å². The Kier molecular flexibility index (Phi) is 13.3. The van der Waals surface area contributed by atoms with Crippen molar-refractivity contribution >= 4 is 0 Å². The number of aliphatic hydroxyl groups is 4. The van der Waals surface area contributed by atoms with Gasteiger partial charge in [-0.15, -0.1) is 0 Å². The number of ether oxygens (including phenoxy) is 4. The number of rotatable bonds is 13. The normalized spacial score (nSPS) is 24.3. The number of hydrogen-bond donors (Lipinski definition) is 5. The second-order valence-electron chi connectivity index (χ2n) is 10.2. The van der Waals surface area contributed by atoms with Gasteiger partial charge in [0.05, 0.1) is 33.5 Å². The van der Waals surface area contributed by atoms with E-state index in [9.17, 15) is 25.2 Å². The molecule has 0 saturated carbocycles. The monoisotopic (exact) mass is 563 g/mol. The molecule has 0 amide bonds. The average Bonchev–Trinajstić information content (AvgIpc) is 2.91. The van der Waals surface area contributed by atoms with Crippen LogP contribution in [-0.2, 0) is 15.9 Å². The van der Waals surface area contributed by atoms with Gasteiger partial charge >= 0.3 is 0 Å². The Morgan fingerprint density at radius 3 is 2.45 bits per heavy atom. The molecule has 1 aromatic heterocycles. The summed E-state index contributed by atoms with van der Waals surface area (Å²) in [6.45, 7) is 9.20. The van der Waals surface area contributed by atoms with Crippen molar-refractivity contribution in [2.24, 2.45) is 5.92 Å². The molecule has 1 aliphatic rings. The molecule has 1 saturated heterocycles. The van der Waals surface area contributed by atoms with Crippen LogP contribution < -0.4 is 14.9 Å². The topological polar surface area (TPSA) is 151 Å². The van der Waals surface area contributed by atoms with Gasteiger partial charge in [-0.1, -0.05) is 48.5 Å². The number of aromatic amines is 1. The summed E-state index contributed by atoms with van der Waals surface area (Å²) >= 11 is 0. The van der Waals surface area contributed by atoms with Crippen LogP contribution in [0.1, 0.15) is 45.4 Å². The van der Waals surface area contributed by atoms with Crippen molar-refractivity contribution < 1.29 is 39.4 Å². The lowest BCUT2D eigenvalue weighted by Crippen LogP contribution is -2.54. The summed E-state index contributed by atoms with van der Waals surface area (Å²) in [7, 11) is 2.92. The number of methoxy groups -OCH3 is 2. The summed E-state index contributed by atoms with van der Waals surface area (Å²) in [5.41, 5.74) is 4.03. The number of aliphatic hydroxyl groups excluding tert-OH is 4. The minimum atomic E-state index is -1.40. The highest BCUT2D eigenvalue weighted by atomic mass is 16.7. The van der Waals surface area contributed by atoms with Gasteiger partial charge in [0.1, 0.15) is 18.3 Å². The molecule has 1 aromatic rings. The highest BCUT2D eigenvalue weighted by Gasteiger charge is 2.40. The molecular formula is C30H45NO9. The van der Waals surface area contributed by atoms with Crippen LogP contribution in [0.15, 0.2) is 51.9 Å². The summed E-state index contributed by atoms with van der Waals surface area (Å²) in [5.74, 6) is 0.310. The van der Waals surface area contributed by atoms with E-state index in [0.717, 1.165) is 22.4 Å². The van der Waals surface area contributed by atoms with Gasteiger partial charge in [0.2, 0.25) is 17.1 Å². The van der Waals surface area contributed by atoms with Crippen LogP contribution in [0.25, 0.3) is 0 Å². The molecule has 0 radical (unpaired) electrons. The molecule has 6 atom stereocenters. The van der Waals surface area contributed by atoms with Crippen molar-refractivity contribution in [2.45, 2.75) is 78.2 Å². The molecule has 6 unspecified atom stereocenters. The minimum absolute atomic E-state index is 0.154. The maximum Gasteiger partial charge on any atom is 0.238 e.